The Balaban J connectivity index is 2.44. The molecule has 1 N–H and O–H groups in total. The van der Waals surface area contributed by atoms with Gasteiger partial charge in [0, 0.05) is 5.02 Å². The van der Waals surface area contributed by atoms with E-state index in [4.69, 9.17) is 11.6 Å². The molecule has 0 spiro atoms. The van der Waals surface area contributed by atoms with Crippen LogP contribution in [0.1, 0.15) is 36.1 Å². The molecule has 2 rings (SSSR count). The van der Waals surface area contributed by atoms with Gasteiger partial charge in [0.1, 0.15) is 5.82 Å². The lowest BCUT2D eigenvalue weighted by atomic mass is 9.97. The molecule has 0 aliphatic rings. The maximum Gasteiger partial charge on any atom is 0.127 e. The van der Waals surface area contributed by atoms with Crippen molar-refractivity contribution < 1.29 is 4.39 Å². The number of benzene rings is 2. The summed E-state index contributed by atoms with van der Waals surface area (Å²) in [5.41, 5.74) is 2.67. The van der Waals surface area contributed by atoms with Crippen molar-refractivity contribution in [2.45, 2.75) is 26.3 Å². The van der Waals surface area contributed by atoms with Crippen molar-refractivity contribution in [3.63, 3.8) is 0 Å². The van der Waals surface area contributed by atoms with E-state index in [2.05, 4.69) is 24.4 Å². The first kappa shape index (κ1) is 15.0. The van der Waals surface area contributed by atoms with E-state index >= 15 is 0 Å². The highest BCUT2D eigenvalue weighted by Crippen LogP contribution is 2.30. The second kappa shape index (κ2) is 6.87. The topological polar surface area (TPSA) is 12.0 Å². The van der Waals surface area contributed by atoms with Gasteiger partial charge in [-0.3, -0.25) is 0 Å². The summed E-state index contributed by atoms with van der Waals surface area (Å²) < 4.78 is 13.6. The van der Waals surface area contributed by atoms with Crippen LogP contribution in [-0.4, -0.2) is 6.54 Å². The predicted octanol–water partition coefficient (Wildman–Crippen LogP) is 4.88. The molecule has 0 aliphatic heterocycles. The Morgan fingerprint density at radius 1 is 1.20 bits per heavy atom. The van der Waals surface area contributed by atoms with Gasteiger partial charge >= 0.3 is 0 Å². The first-order chi connectivity index (χ1) is 9.63. The largest absolute Gasteiger partial charge is 0.306 e. The standard InChI is InChI=1S/C17H19ClFN/c1-3-9-20-17(13-7-5-4-6-8-13)14-10-12(2)16(19)11-15(14)18/h4-8,10-11,17,20H,3,9H2,1-2H3. The third-order valence-corrected chi connectivity index (χ3v) is 3.65. The van der Waals surface area contributed by atoms with Crippen molar-refractivity contribution in [1.82, 2.24) is 5.32 Å². The van der Waals surface area contributed by atoms with Crippen LogP contribution < -0.4 is 5.32 Å². The minimum Gasteiger partial charge on any atom is -0.306 e. The van der Waals surface area contributed by atoms with Crippen molar-refractivity contribution in [3.8, 4) is 0 Å². The zero-order chi connectivity index (χ0) is 14.5. The molecule has 0 amide bonds. The van der Waals surface area contributed by atoms with Crippen LogP contribution in [0.15, 0.2) is 42.5 Å². The minimum atomic E-state index is -0.263. The van der Waals surface area contributed by atoms with Crippen LogP contribution in [0.25, 0.3) is 0 Å². The van der Waals surface area contributed by atoms with Crippen LogP contribution in [0.4, 0.5) is 4.39 Å². The normalized spacial score (nSPS) is 12.4. The first-order valence-corrected chi connectivity index (χ1v) is 7.25. The van der Waals surface area contributed by atoms with Crippen molar-refractivity contribution in [2.75, 3.05) is 6.54 Å². The molecule has 0 heterocycles. The summed E-state index contributed by atoms with van der Waals surface area (Å²) in [5, 5.41) is 3.95. The molecule has 0 fully saturated rings. The van der Waals surface area contributed by atoms with E-state index in [9.17, 15) is 4.39 Å². The van der Waals surface area contributed by atoms with E-state index in [1.807, 2.05) is 24.3 Å². The van der Waals surface area contributed by atoms with Gasteiger partial charge in [0.25, 0.3) is 0 Å². The van der Waals surface area contributed by atoms with Crippen LogP contribution in [0.3, 0.4) is 0 Å². The number of hydrogen-bond donors (Lipinski definition) is 1. The zero-order valence-electron chi connectivity index (χ0n) is 11.8. The molecule has 0 aliphatic carbocycles. The average Bonchev–Trinajstić information content (AvgIpc) is 2.45. The fourth-order valence-corrected chi connectivity index (χ4v) is 2.50. The molecular weight excluding hydrogens is 273 g/mol. The lowest BCUT2D eigenvalue weighted by Crippen LogP contribution is -2.23. The van der Waals surface area contributed by atoms with E-state index in [-0.39, 0.29) is 11.9 Å². The van der Waals surface area contributed by atoms with Gasteiger partial charge in [-0.15, -0.1) is 0 Å². The van der Waals surface area contributed by atoms with E-state index in [1.165, 1.54) is 6.07 Å². The lowest BCUT2D eigenvalue weighted by molar-refractivity contribution is 0.590. The number of aryl methyl sites for hydroxylation is 1. The van der Waals surface area contributed by atoms with Crippen molar-refractivity contribution in [2.24, 2.45) is 0 Å². The predicted molar refractivity (Wildman–Crippen MR) is 82.7 cm³/mol. The summed E-state index contributed by atoms with van der Waals surface area (Å²) in [6.07, 6.45) is 1.03. The smallest absolute Gasteiger partial charge is 0.127 e. The first-order valence-electron chi connectivity index (χ1n) is 6.87. The van der Waals surface area contributed by atoms with Gasteiger partial charge in [-0.2, -0.15) is 0 Å². The number of rotatable bonds is 5. The molecule has 1 atom stereocenters. The quantitative estimate of drug-likeness (QED) is 0.828. The van der Waals surface area contributed by atoms with Gasteiger partial charge in [0.05, 0.1) is 6.04 Å². The van der Waals surface area contributed by atoms with Gasteiger partial charge in [-0.1, -0.05) is 48.9 Å². The molecule has 3 heteroatoms. The van der Waals surface area contributed by atoms with Gasteiger partial charge < -0.3 is 5.32 Å². The van der Waals surface area contributed by atoms with E-state index in [0.717, 1.165) is 24.1 Å². The van der Waals surface area contributed by atoms with E-state index in [1.54, 1.807) is 6.92 Å². The lowest BCUT2D eigenvalue weighted by Gasteiger charge is -2.21. The van der Waals surface area contributed by atoms with Crippen molar-refractivity contribution >= 4 is 11.6 Å². The third-order valence-electron chi connectivity index (χ3n) is 3.32. The van der Waals surface area contributed by atoms with Gasteiger partial charge in [-0.05, 0) is 48.7 Å². The molecular formula is C17H19ClFN. The van der Waals surface area contributed by atoms with Gasteiger partial charge in [0.15, 0.2) is 0 Å². The van der Waals surface area contributed by atoms with Crippen LogP contribution in [-0.2, 0) is 0 Å². The third kappa shape index (κ3) is 3.38. The Bertz CT molecular complexity index is 569. The van der Waals surface area contributed by atoms with E-state index < -0.39 is 0 Å². The monoisotopic (exact) mass is 291 g/mol. The number of hydrogen-bond acceptors (Lipinski definition) is 1. The van der Waals surface area contributed by atoms with Gasteiger partial charge in [0.2, 0.25) is 0 Å². The Morgan fingerprint density at radius 2 is 1.90 bits per heavy atom. The second-order valence-corrected chi connectivity index (χ2v) is 5.33. The SMILES string of the molecule is CCCNC(c1ccccc1)c1cc(C)c(F)cc1Cl. The highest BCUT2D eigenvalue weighted by molar-refractivity contribution is 6.31. The number of nitrogens with one attached hydrogen (secondary N) is 1. The fraction of sp³-hybridized carbons (Fsp3) is 0.294. The molecule has 0 saturated carbocycles. The van der Waals surface area contributed by atoms with E-state index in [0.29, 0.717) is 10.6 Å². The molecule has 0 saturated heterocycles. The molecule has 1 nitrogen and oxygen atoms in total. The summed E-state index contributed by atoms with van der Waals surface area (Å²) in [5.74, 6) is -0.263. The Labute approximate surface area is 124 Å². The summed E-state index contributed by atoms with van der Waals surface area (Å²) in [6.45, 7) is 4.76. The Hall–Kier alpha value is -1.38. The van der Waals surface area contributed by atoms with Crippen molar-refractivity contribution in [1.29, 1.82) is 0 Å². The van der Waals surface area contributed by atoms with Crippen LogP contribution in [0, 0.1) is 12.7 Å². The Morgan fingerprint density at radius 3 is 2.55 bits per heavy atom. The highest BCUT2D eigenvalue weighted by atomic mass is 35.5. The van der Waals surface area contributed by atoms with Crippen LogP contribution in [0.2, 0.25) is 5.02 Å². The summed E-state index contributed by atoms with van der Waals surface area (Å²) in [4.78, 5) is 0. The van der Waals surface area contributed by atoms with Crippen LogP contribution >= 0.6 is 11.6 Å². The molecule has 106 valence electrons. The summed E-state index contributed by atoms with van der Waals surface area (Å²) in [6, 6.07) is 13.3. The molecule has 0 aromatic heterocycles. The second-order valence-electron chi connectivity index (χ2n) is 4.92. The number of halogens is 2. The molecule has 0 radical (unpaired) electrons. The van der Waals surface area contributed by atoms with Gasteiger partial charge in [-0.25, -0.2) is 4.39 Å². The fourth-order valence-electron chi connectivity index (χ4n) is 2.24. The molecule has 20 heavy (non-hydrogen) atoms. The maximum atomic E-state index is 13.6. The average molecular weight is 292 g/mol. The molecule has 1 unspecified atom stereocenters. The maximum absolute atomic E-state index is 13.6. The molecule has 0 bridgehead atoms. The molecule has 2 aromatic carbocycles. The minimum absolute atomic E-state index is 0.0112. The van der Waals surface area contributed by atoms with Crippen LogP contribution in [0.5, 0.6) is 0 Å². The highest BCUT2D eigenvalue weighted by Gasteiger charge is 2.17. The molecule has 2 aromatic rings. The van der Waals surface area contributed by atoms with Crippen molar-refractivity contribution in [3.05, 3.63) is 70.0 Å². The summed E-state index contributed by atoms with van der Waals surface area (Å²) in [7, 11) is 0. The summed E-state index contributed by atoms with van der Waals surface area (Å²) >= 11 is 6.25. The Kier molecular flexibility index (Phi) is 5.16. The zero-order valence-corrected chi connectivity index (χ0v) is 12.5.